The van der Waals surface area contributed by atoms with Crippen LogP contribution in [0.25, 0.3) is 5.65 Å². The van der Waals surface area contributed by atoms with E-state index in [1.165, 1.54) is 6.20 Å². The van der Waals surface area contributed by atoms with Crippen LogP contribution in [0.3, 0.4) is 0 Å². The molecule has 0 bridgehead atoms. The molecule has 9 nitrogen and oxygen atoms in total. The highest BCUT2D eigenvalue weighted by Gasteiger charge is 2.18. The van der Waals surface area contributed by atoms with Gasteiger partial charge in [-0.1, -0.05) is 12.1 Å². The highest BCUT2D eigenvalue weighted by atomic mass is 16.5. The summed E-state index contributed by atoms with van der Waals surface area (Å²) in [6, 6.07) is 10.5. The molecule has 0 spiro atoms. The lowest BCUT2D eigenvalue weighted by Crippen LogP contribution is -2.38. The number of fused-ring (bicyclic) bond motifs is 1. The number of hydrogen-bond donors (Lipinski definition) is 1. The number of aryl methyl sites for hydroxylation is 2. The molecule has 36 heavy (non-hydrogen) atoms. The van der Waals surface area contributed by atoms with Gasteiger partial charge in [0.05, 0.1) is 6.20 Å². The van der Waals surface area contributed by atoms with Crippen LogP contribution in [0.2, 0.25) is 0 Å². The van der Waals surface area contributed by atoms with Gasteiger partial charge in [-0.25, -0.2) is 9.50 Å². The van der Waals surface area contributed by atoms with Gasteiger partial charge >= 0.3 is 0 Å². The van der Waals surface area contributed by atoms with Crippen LogP contribution in [0, 0.1) is 25.2 Å². The third kappa shape index (κ3) is 6.20. The first-order valence-corrected chi connectivity index (χ1v) is 12.5. The molecule has 1 aromatic carbocycles. The summed E-state index contributed by atoms with van der Waals surface area (Å²) in [6.07, 6.45) is 4.56. The van der Waals surface area contributed by atoms with E-state index in [9.17, 15) is 10.1 Å². The van der Waals surface area contributed by atoms with Gasteiger partial charge in [-0.3, -0.25) is 9.69 Å². The van der Waals surface area contributed by atoms with E-state index in [0.717, 1.165) is 60.9 Å². The van der Waals surface area contributed by atoms with Crippen LogP contribution in [0.15, 0.2) is 30.5 Å². The molecular weight excluding hydrogens is 456 g/mol. The van der Waals surface area contributed by atoms with Crippen molar-refractivity contribution in [2.24, 2.45) is 0 Å². The van der Waals surface area contributed by atoms with Crippen molar-refractivity contribution in [3.63, 3.8) is 0 Å². The molecule has 9 heteroatoms. The fourth-order valence-corrected chi connectivity index (χ4v) is 4.64. The van der Waals surface area contributed by atoms with Crippen LogP contribution in [0.4, 0.5) is 0 Å². The van der Waals surface area contributed by atoms with E-state index in [0.29, 0.717) is 43.2 Å². The van der Waals surface area contributed by atoms with Gasteiger partial charge in [0.25, 0.3) is 0 Å². The standard InChI is InChI=1S/C27H34N6O3/c1-19-25(20(2)33-27(31-19)22(16-28)18-30-33)7-8-26(34)29-17-21-5-4-6-24(15-21)36-14-11-32(3)23-9-12-35-13-10-23/h4-6,15,18,23H,7-14,17H2,1-3H3,(H,29,34). The number of aromatic nitrogens is 3. The molecule has 0 unspecified atom stereocenters. The number of carbonyl (C=O) groups is 1. The maximum atomic E-state index is 12.6. The Hall–Kier alpha value is -3.48. The molecule has 1 N–H and O–H groups in total. The minimum Gasteiger partial charge on any atom is -0.492 e. The quantitative estimate of drug-likeness (QED) is 0.466. The van der Waals surface area contributed by atoms with E-state index in [2.05, 4.69) is 33.4 Å². The van der Waals surface area contributed by atoms with Gasteiger partial charge in [-0.05, 0) is 63.4 Å². The first kappa shape index (κ1) is 25.6. The Bertz CT molecular complexity index is 1240. The van der Waals surface area contributed by atoms with Crippen molar-refractivity contribution in [3.05, 3.63) is 58.5 Å². The lowest BCUT2D eigenvalue weighted by molar-refractivity contribution is -0.121. The third-order valence-corrected chi connectivity index (χ3v) is 6.85. The first-order chi connectivity index (χ1) is 17.5. The minimum absolute atomic E-state index is 0.0310. The smallest absolute Gasteiger partial charge is 0.220 e. The molecule has 3 heterocycles. The van der Waals surface area contributed by atoms with Gasteiger partial charge in [-0.15, -0.1) is 0 Å². The van der Waals surface area contributed by atoms with E-state index in [-0.39, 0.29) is 5.91 Å². The normalized spacial score (nSPS) is 14.2. The molecule has 4 rings (SSSR count). The Kier molecular flexibility index (Phi) is 8.52. The van der Waals surface area contributed by atoms with Crippen LogP contribution in [-0.4, -0.2) is 64.9 Å². The molecule has 0 saturated carbocycles. The fraction of sp³-hybridized carbons (Fsp3) is 0.481. The molecule has 1 fully saturated rings. The molecule has 1 aliphatic rings. The van der Waals surface area contributed by atoms with Crippen LogP contribution in [-0.2, 0) is 22.5 Å². The third-order valence-electron chi connectivity index (χ3n) is 6.85. The average Bonchev–Trinajstić information content (AvgIpc) is 3.31. The predicted molar refractivity (Wildman–Crippen MR) is 136 cm³/mol. The van der Waals surface area contributed by atoms with Crippen molar-refractivity contribution in [3.8, 4) is 11.8 Å². The molecule has 0 aliphatic carbocycles. The summed E-state index contributed by atoms with van der Waals surface area (Å²) in [6.45, 7) is 7.44. The Morgan fingerprint density at radius 1 is 1.33 bits per heavy atom. The van der Waals surface area contributed by atoms with Crippen molar-refractivity contribution in [2.45, 2.75) is 52.1 Å². The Balaban J connectivity index is 1.25. The fourth-order valence-electron chi connectivity index (χ4n) is 4.64. The Morgan fingerprint density at radius 2 is 2.14 bits per heavy atom. The maximum Gasteiger partial charge on any atom is 0.220 e. The van der Waals surface area contributed by atoms with E-state index in [1.54, 1.807) is 4.52 Å². The van der Waals surface area contributed by atoms with Crippen LogP contribution < -0.4 is 10.1 Å². The Morgan fingerprint density at radius 3 is 2.92 bits per heavy atom. The number of rotatable bonds is 10. The van der Waals surface area contributed by atoms with E-state index >= 15 is 0 Å². The summed E-state index contributed by atoms with van der Waals surface area (Å²) >= 11 is 0. The highest BCUT2D eigenvalue weighted by molar-refractivity contribution is 5.76. The molecule has 190 valence electrons. The number of likely N-dealkylation sites (N-methyl/N-ethyl adjacent to an activating group) is 1. The summed E-state index contributed by atoms with van der Waals surface area (Å²) in [5.41, 5.74) is 4.69. The lowest BCUT2D eigenvalue weighted by atomic mass is 10.1. The Labute approximate surface area is 212 Å². The molecule has 0 radical (unpaired) electrons. The first-order valence-electron chi connectivity index (χ1n) is 12.5. The zero-order valence-electron chi connectivity index (χ0n) is 21.3. The summed E-state index contributed by atoms with van der Waals surface area (Å²) in [5, 5.41) is 16.5. The number of ether oxygens (including phenoxy) is 2. The number of amides is 1. The van der Waals surface area contributed by atoms with Crippen molar-refractivity contribution < 1.29 is 14.3 Å². The highest BCUT2D eigenvalue weighted by Crippen LogP contribution is 2.19. The molecule has 1 aliphatic heterocycles. The summed E-state index contributed by atoms with van der Waals surface area (Å²) in [4.78, 5) is 19.4. The monoisotopic (exact) mass is 490 g/mol. The van der Waals surface area contributed by atoms with Crippen molar-refractivity contribution >= 4 is 11.6 Å². The summed E-state index contributed by atoms with van der Waals surface area (Å²) in [7, 11) is 2.14. The molecule has 1 saturated heterocycles. The summed E-state index contributed by atoms with van der Waals surface area (Å²) < 4.78 is 13.1. The second-order valence-corrected chi connectivity index (χ2v) is 9.26. The van der Waals surface area contributed by atoms with E-state index < -0.39 is 0 Å². The van der Waals surface area contributed by atoms with E-state index in [1.807, 2.05) is 38.1 Å². The largest absolute Gasteiger partial charge is 0.492 e. The SMILES string of the molecule is Cc1nc2c(C#N)cnn2c(C)c1CCC(=O)NCc1cccc(OCCN(C)C2CCOCC2)c1. The number of hydrogen-bond acceptors (Lipinski definition) is 7. The van der Waals surface area contributed by atoms with Crippen LogP contribution >= 0.6 is 0 Å². The number of benzene rings is 1. The van der Waals surface area contributed by atoms with E-state index in [4.69, 9.17) is 9.47 Å². The van der Waals surface area contributed by atoms with Gasteiger partial charge in [0.15, 0.2) is 5.65 Å². The maximum absolute atomic E-state index is 12.6. The molecule has 1 amide bonds. The number of nitrogens with one attached hydrogen (secondary N) is 1. The van der Waals surface area contributed by atoms with Gasteiger partial charge in [0.1, 0.15) is 24.0 Å². The number of carbonyl (C=O) groups excluding carboxylic acids is 1. The van der Waals surface area contributed by atoms with Crippen molar-refractivity contribution in [2.75, 3.05) is 33.4 Å². The van der Waals surface area contributed by atoms with Crippen molar-refractivity contribution in [1.82, 2.24) is 24.8 Å². The zero-order valence-corrected chi connectivity index (χ0v) is 21.3. The summed E-state index contributed by atoms with van der Waals surface area (Å²) in [5.74, 6) is 0.778. The molecule has 3 aromatic rings. The molecule has 0 atom stereocenters. The topological polar surface area (TPSA) is 105 Å². The van der Waals surface area contributed by atoms with Gasteiger partial charge < -0.3 is 14.8 Å². The second kappa shape index (κ2) is 12.0. The van der Waals surface area contributed by atoms with Crippen LogP contribution in [0.1, 0.15) is 47.3 Å². The predicted octanol–water partition coefficient (Wildman–Crippen LogP) is 2.96. The number of nitrogens with zero attached hydrogens (tertiary/aromatic N) is 5. The molecule has 2 aromatic heterocycles. The van der Waals surface area contributed by atoms with Gasteiger partial charge in [0.2, 0.25) is 5.91 Å². The second-order valence-electron chi connectivity index (χ2n) is 9.26. The van der Waals surface area contributed by atoms with Crippen molar-refractivity contribution in [1.29, 1.82) is 5.26 Å². The zero-order chi connectivity index (χ0) is 25.5. The average molecular weight is 491 g/mol. The lowest BCUT2D eigenvalue weighted by Gasteiger charge is -2.31. The van der Waals surface area contributed by atoms with Crippen LogP contribution in [0.5, 0.6) is 5.75 Å². The van der Waals surface area contributed by atoms with Gasteiger partial charge in [0, 0.05) is 50.2 Å². The van der Waals surface area contributed by atoms with Gasteiger partial charge in [-0.2, -0.15) is 10.4 Å². The number of nitriles is 1. The minimum atomic E-state index is -0.0310. The molecular formula is C27H34N6O3.